The van der Waals surface area contributed by atoms with Crippen LogP contribution in [0.5, 0.6) is 0 Å². The summed E-state index contributed by atoms with van der Waals surface area (Å²) in [5, 5.41) is 0. The van der Waals surface area contributed by atoms with Crippen LogP contribution in [0.1, 0.15) is 53.9 Å². The highest BCUT2D eigenvalue weighted by molar-refractivity contribution is 5.72. The van der Waals surface area contributed by atoms with Crippen LogP contribution in [0.3, 0.4) is 0 Å². The van der Waals surface area contributed by atoms with Crippen molar-refractivity contribution in [2.24, 2.45) is 11.8 Å². The van der Waals surface area contributed by atoms with Gasteiger partial charge in [0.2, 0.25) is 0 Å². The zero-order valence-electron chi connectivity index (χ0n) is 10.2. The number of hydrogen-bond donors (Lipinski definition) is 0. The molecule has 0 spiro atoms. The maximum absolute atomic E-state index is 11.5. The first-order valence-electron chi connectivity index (χ1n) is 5.69. The third kappa shape index (κ3) is 5.25. The van der Waals surface area contributed by atoms with E-state index in [4.69, 9.17) is 4.74 Å². The molecule has 0 aliphatic carbocycles. The van der Waals surface area contributed by atoms with Crippen molar-refractivity contribution >= 4 is 5.97 Å². The predicted molar refractivity (Wildman–Crippen MR) is 59.1 cm³/mol. The highest BCUT2D eigenvalue weighted by Gasteiger charge is 2.18. The van der Waals surface area contributed by atoms with Gasteiger partial charge in [0.25, 0.3) is 0 Å². The van der Waals surface area contributed by atoms with E-state index in [1.54, 1.807) is 0 Å². The van der Waals surface area contributed by atoms with Crippen molar-refractivity contribution in [1.29, 1.82) is 0 Å². The van der Waals surface area contributed by atoms with Gasteiger partial charge in [-0.05, 0) is 19.3 Å². The zero-order chi connectivity index (χ0) is 11.1. The summed E-state index contributed by atoms with van der Waals surface area (Å²) >= 11 is 0. The minimum atomic E-state index is -0.0420. The molecule has 0 radical (unpaired) electrons. The van der Waals surface area contributed by atoms with Crippen LogP contribution in [-0.2, 0) is 9.53 Å². The normalized spacial score (nSPS) is 15.3. The largest absolute Gasteiger partial charge is 0.462 e. The molecule has 14 heavy (non-hydrogen) atoms. The molecule has 2 unspecified atom stereocenters. The topological polar surface area (TPSA) is 26.3 Å². The van der Waals surface area contributed by atoms with Crippen molar-refractivity contribution < 1.29 is 9.53 Å². The van der Waals surface area contributed by atoms with Crippen molar-refractivity contribution in [3.8, 4) is 0 Å². The maximum Gasteiger partial charge on any atom is 0.308 e. The number of carbonyl (C=O) groups is 1. The molecule has 0 bridgehead atoms. The van der Waals surface area contributed by atoms with Gasteiger partial charge >= 0.3 is 5.97 Å². The molecule has 84 valence electrons. The highest BCUT2D eigenvalue weighted by Crippen LogP contribution is 2.13. The second-order valence-corrected chi connectivity index (χ2v) is 4.43. The SMILES string of the molecule is CCCCC(C)C(=O)OC(C)C(C)C. The molecule has 0 aromatic rings. The van der Waals surface area contributed by atoms with Gasteiger partial charge in [-0.1, -0.05) is 40.5 Å². The molecule has 0 saturated heterocycles. The Morgan fingerprint density at radius 3 is 2.21 bits per heavy atom. The molecule has 2 heteroatoms. The van der Waals surface area contributed by atoms with Gasteiger partial charge in [0, 0.05) is 0 Å². The van der Waals surface area contributed by atoms with Crippen molar-refractivity contribution in [1.82, 2.24) is 0 Å². The van der Waals surface area contributed by atoms with Gasteiger partial charge in [-0.3, -0.25) is 4.79 Å². The van der Waals surface area contributed by atoms with E-state index in [-0.39, 0.29) is 18.0 Å². The minimum absolute atomic E-state index is 0.0339. The maximum atomic E-state index is 11.5. The number of hydrogen-bond acceptors (Lipinski definition) is 2. The highest BCUT2D eigenvalue weighted by atomic mass is 16.5. The van der Waals surface area contributed by atoms with Gasteiger partial charge in [0.15, 0.2) is 0 Å². The monoisotopic (exact) mass is 200 g/mol. The van der Waals surface area contributed by atoms with Gasteiger partial charge in [0.1, 0.15) is 6.10 Å². The molecule has 0 heterocycles. The van der Waals surface area contributed by atoms with E-state index in [2.05, 4.69) is 20.8 Å². The first-order chi connectivity index (χ1) is 6.49. The summed E-state index contributed by atoms with van der Waals surface area (Å²) in [6.45, 7) is 10.2. The molecule has 0 rings (SSSR count). The standard InChI is InChI=1S/C12H24O2/c1-6-7-8-10(4)12(13)14-11(5)9(2)3/h9-11H,6-8H2,1-5H3. The molecule has 2 atom stereocenters. The average Bonchev–Trinajstić information content (AvgIpc) is 2.13. The van der Waals surface area contributed by atoms with Gasteiger partial charge in [-0.25, -0.2) is 0 Å². The van der Waals surface area contributed by atoms with Gasteiger partial charge in [0.05, 0.1) is 5.92 Å². The quantitative estimate of drug-likeness (QED) is 0.614. The van der Waals surface area contributed by atoms with Gasteiger partial charge < -0.3 is 4.74 Å². The molecule has 0 aromatic heterocycles. The fourth-order valence-electron chi connectivity index (χ4n) is 1.06. The van der Waals surface area contributed by atoms with E-state index in [9.17, 15) is 4.79 Å². The molecule has 0 aliphatic rings. The Morgan fingerprint density at radius 2 is 1.79 bits per heavy atom. The van der Waals surface area contributed by atoms with Crippen LogP contribution in [0.15, 0.2) is 0 Å². The van der Waals surface area contributed by atoms with Crippen molar-refractivity contribution in [3.63, 3.8) is 0 Å². The van der Waals surface area contributed by atoms with Crippen molar-refractivity contribution in [2.75, 3.05) is 0 Å². The van der Waals surface area contributed by atoms with E-state index in [0.717, 1.165) is 19.3 Å². The molecule has 0 aliphatic heterocycles. The summed E-state index contributed by atoms with van der Waals surface area (Å²) in [7, 11) is 0. The summed E-state index contributed by atoms with van der Waals surface area (Å²) in [4.78, 5) is 11.5. The molecular formula is C12H24O2. The fraction of sp³-hybridized carbons (Fsp3) is 0.917. The molecule has 2 nitrogen and oxygen atoms in total. The third-order valence-corrected chi connectivity index (χ3v) is 2.63. The molecular weight excluding hydrogens is 176 g/mol. The first kappa shape index (κ1) is 13.5. The second-order valence-electron chi connectivity index (χ2n) is 4.43. The van der Waals surface area contributed by atoms with Gasteiger partial charge in [-0.15, -0.1) is 0 Å². The average molecular weight is 200 g/mol. The molecule has 0 saturated carbocycles. The van der Waals surface area contributed by atoms with Crippen LogP contribution in [0.2, 0.25) is 0 Å². The molecule has 0 amide bonds. The van der Waals surface area contributed by atoms with Crippen LogP contribution in [0.25, 0.3) is 0 Å². The number of rotatable bonds is 6. The number of esters is 1. The van der Waals surface area contributed by atoms with E-state index in [0.29, 0.717) is 5.92 Å². The van der Waals surface area contributed by atoms with E-state index >= 15 is 0 Å². The summed E-state index contributed by atoms with van der Waals surface area (Å²) < 4.78 is 5.33. The second kappa shape index (κ2) is 6.86. The molecule has 0 N–H and O–H groups in total. The first-order valence-corrected chi connectivity index (χ1v) is 5.69. The Bertz CT molecular complexity index is 164. The van der Waals surface area contributed by atoms with Crippen LogP contribution in [0.4, 0.5) is 0 Å². The number of unbranched alkanes of at least 4 members (excludes halogenated alkanes) is 1. The fourth-order valence-corrected chi connectivity index (χ4v) is 1.06. The lowest BCUT2D eigenvalue weighted by atomic mass is 10.0. The number of ether oxygens (including phenoxy) is 1. The Hall–Kier alpha value is -0.530. The van der Waals surface area contributed by atoms with E-state index in [1.165, 1.54) is 0 Å². The predicted octanol–water partition coefficient (Wildman–Crippen LogP) is 3.40. The van der Waals surface area contributed by atoms with Crippen LogP contribution in [0, 0.1) is 11.8 Å². The lowest BCUT2D eigenvalue weighted by Crippen LogP contribution is -2.24. The van der Waals surface area contributed by atoms with Crippen LogP contribution in [-0.4, -0.2) is 12.1 Å². The van der Waals surface area contributed by atoms with Gasteiger partial charge in [-0.2, -0.15) is 0 Å². The Morgan fingerprint density at radius 1 is 1.21 bits per heavy atom. The van der Waals surface area contributed by atoms with Crippen LogP contribution >= 0.6 is 0 Å². The zero-order valence-corrected chi connectivity index (χ0v) is 10.2. The van der Waals surface area contributed by atoms with E-state index < -0.39 is 0 Å². The summed E-state index contributed by atoms with van der Waals surface area (Å²) in [6.07, 6.45) is 3.22. The number of carbonyl (C=O) groups excluding carboxylic acids is 1. The summed E-state index contributed by atoms with van der Waals surface area (Å²) in [6, 6.07) is 0. The third-order valence-electron chi connectivity index (χ3n) is 2.63. The van der Waals surface area contributed by atoms with Crippen molar-refractivity contribution in [3.05, 3.63) is 0 Å². The lowest BCUT2D eigenvalue weighted by molar-refractivity contribution is -0.154. The lowest BCUT2D eigenvalue weighted by Gasteiger charge is -2.19. The summed E-state index contributed by atoms with van der Waals surface area (Å²) in [5.41, 5.74) is 0. The van der Waals surface area contributed by atoms with Crippen LogP contribution < -0.4 is 0 Å². The van der Waals surface area contributed by atoms with E-state index in [1.807, 2.05) is 13.8 Å². The Kier molecular flexibility index (Phi) is 6.60. The molecule has 0 fully saturated rings. The summed E-state index contributed by atoms with van der Waals surface area (Å²) in [5.74, 6) is 0.410. The smallest absolute Gasteiger partial charge is 0.308 e. The Labute approximate surface area is 88.0 Å². The van der Waals surface area contributed by atoms with Crippen molar-refractivity contribution in [2.45, 2.75) is 60.0 Å². The minimum Gasteiger partial charge on any atom is -0.462 e. The Balaban J connectivity index is 3.82. The molecule has 0 aromatic carbocycles.